The van der Waals surface area contributed by atoms with E-state index < -0.39 is 4.75 Å². The Morgan fingerprint density at radius 2 is 2.04 bits per heavy atom. The lowest BCUT2D eigenvalue weighted by atomic mass is 10.1. The molecule has 1 aromatic carbocycles. The number of hydrogen-bond acceptors (Lipinski definition) is 6. The van der Waals surface area contributed by atoms with Crippen LogP contribution in [0.1, 0.15) is 20.8 Å². The second kappa shape index (κ2) is 7.20. The van der Waals surface area contributed by atoms with Gasteiger partial charge in [0.05, 0.1) is 12.0 Å². The van der Waals surface area contributed by atoms with Crippen molar-refractivity contribution in [1.29, 1.82) is 0 Å². The average Bonchev–Trinajstić information content (AvgIpc) is 3.00. The zero-order valence-electron chi connectivity index (χ0n) is 14.5. The molecule has 0 radical (unpaired) electrons. The number of fused-ring (bicyclic) bond motifs is 1. The Morgan fingerprint density at radius 1 is 1.35 bits per heavy atom. The van der Waals surface area contributed by atoms with Gasteiger partial charge in [0.15, 0.2) is 5.16 Å². The topological polar surface area (TPSA) is 72.0 Å². The Balaban J connectivity index is 1.99. The summed E-state index contributed by atoms with van der Waals surface area (Å²) in [6, 6.07) is 5.96. The molecule has 3 aromatic rings. The molecule has 0 saturated carbocycles. The largest absolute Gasteiger partial charge is 0.465 e. The molecule has 2 heterocycles. The maximum Gasteiger partial charge on any atom is 0.322 e. The van der Waals surface area contributed by atoms with Crippen molar-refractivity contribution in [3.63, 3.8) is 0 Å². The van der Waals surface area contributed by atoms with Crippen LogP contribution in [0, 0.1) is 5.82 Å². The predicted octanol–water partition coefficient (Wildman–Crippen LogP) is 4.22. The smallest absolute Gasteiger partial charge is 0.322 e. The quantitative estimate of drug-likeness (QED) is 0.400. The third kappa shape index (κ3) is 3.66. The number of halogens is 1. The van der Waals surface area contributed by atoms with Gasteiger partial charge in [0.2, 0.25) is 0 Å². The van der Waals surface area contributed by atoms with Gasteiger partial charge in [0.1, 0.15) is 15.4 Å². The number of rotatable bonds is 5. The fourth-order valence-corrected chi connectivity index (χ4v) is 4.32. The molecule has 0 atom stereocenters. The number of carbonyl (C=O) groups excluding carboxylic acids is 1. The first-order valence-corrected chi connectivity index (χ1v) is 9.65. The van der Waals surface area contributed by atoms with Crippen molar-refractivity contribution in [2.75, 3.05) is 6.61 Å². The second-order valence-electron chi connectivity index (χ2n) is 6.04. The van der Waals surface area contributed by atoms with E-state index in [2.05, 4.69) is 9.97 Å². The summed E-state index contributed by atoms with van der Waals surface area (Å²) in [5.74, 6) is -0.703. The number of ether oxygens (including phenoxy) is 1. The van der Waals surface area contributed by atoms with Gasteiger partial charge in [-0.2, -0.15) is 0 Å². The molecule has 0 spiro atoms. The molecule has 0 amide bonds. The van der Waals surface area contributed by atoms with Crippen molar-refractivity contribution in [1.82, 2.24) is 9.97 Å². The van der Waals surface area contributed by atoms with Crippen LogP contribution in [0.4, 0.5) is 4.39 Å². The fraction of sp³-hybridized carbons (Fsp3) is 0.278. The third-order valence-corrected chi connectivity index (χ3v) is 5.63. The molecule has 0 aliphatic carbocycles. The molecular weight excluding hydrogens is 375 g/mol. The molecule has 0 bridgehead atoms. The van der Waals surface area contributed by atoms with E-state index >= 15 is 0 Å². The lowest BCUT2D eigenvalue weighted by Gasteiger charge is -2.20. The van der Waals surface area contributed by atoms with E-state index in [0.29, 0.717) is 20.9 Å². The van der Waals surface area contributed by atoms with Gasteiger partial charge < -0.3 is 9.72 Å². The Morgan fingerprint density at radius 3 is 2.69 bits per heavy atom. The molecule has 136 valence electrons. The monoisotopic (exact) mass is 392 g/mol. The van der Waals surface area contributed by atoms with Gasteiger partial charge in [-0.3, -0.25) is 9.59 Å². The lowest BCUT2D eigenvalue weighted by Crippen LogP contribution is -2.30. The number of H-pyrrole nitrogens is 1. The lowest BCUT2D eigenvalue weighted by molar-refractivity contribution is -0.145. The Bertz CT molecular complexity index is 1010. The van der Waals surface area contributed by atoms with Crippen LogP contribution in [0.25, 0.3) is 21.3 Å². The minimum absolute atomic E-state index is 0.289. The highest BCUT2D eigenvalue weighted by Crippen LogP contribution is 2.34. The van der Waals surface area contributed by atoms with Gasteiger partial charge in [0, 0.05) is 10.9 Å². The molecular formula is C18H17FN2O3S2. The normalized spacial score (nSPS) is 11.7. The van der Waals surface area contributed by atoms with E-state index in [1.54, 1.807) is 32.9 Å². The highest BCUT2D eigenvalue weighted by atomic mass is 32.2. The molecule has 0 aliphatic rings. The van der Waals surface area contributed by atoms with Gasteiger partial charge in [-0.25, -0.2) is 9.37 Å². The fourth-order valence-electron chi connectivity index (χ4n) is 2.41. The molecule has 3 rings (SSSR count). The number of nitrogens with zero attached hydrogens (tertiary/aromatic N) is 1. The summed E-state index contributed by atoms with van der Waals surface area (Å²) in [6.45, 7) is 5.47. The van der Waals surface area contributed by atoms with Crippen molar-refractivity contribution < 1.29 is 13.9 Å². The Hall–Kier alpha value is -2.19. The number of carbonyl (C=O) groups is 1. The number of aromatic nitrogens is 2. The van der Waals surface area contributed by atoms with Crippen molar-refractivity contribution in [3.8, 4) is 11.1 Å². The van der Waals surface area contributed by atoms with Crippen molar-refractivity contribution in [2.45, 2.75) is 30.7 Å². The number of nitrogens with one attached hydrogen (secondary N) is 1. The van der Waals surface area contributed by atoms with E-state index in [1.807, 2.05) is 5.38 Å². The minimum atomic E-state index is -0.878. The SMILES string of the molecule is CCOC(=O)C(C)(C)Sc1nc2scc(-c3ccc(F)cc3)c2c(=O)[nH]1. The van der Waals surface area contributed by atoms with E-state index in [0.717, 1.165) is 17.3 Å². The van der Waals surface area contributed by atoms with Crippen molar-refractivity contribution in [3.05, 3.63) is 45.8 Å². The number of thiophene rings is 1. The molecule has 0 saturated heterocycles. The Labute approximate surface area is 157 Å². The van der Waals surface area contributed by atoms with Crippen LogP contribution in [0.15, 0.2) is 39.6 Å². The first-order valence-electron chi connectivity index (χ1n) is 7.95. The predicted molar refractivity (Wildman–Crippen MR) is 102 cm³/mol. The van der Waals surface area contributed by atoms with Gasteiger partial charge in [0.25, 0.3) is 5.56 Å². The summed E-state index contributed by atoms with van der Waals surface area (Å²) >= 11 is 2.48. The van der Waals surface area contributed by atoms with Gasteiger partial charge in [-0.05, 0) is 38.5 Å². The zero-order valence-corrected chi connectivity index (χ0v) is 16.1. The summed E-state index contributed by atoms with van der Waals surface area (Å²) in [6.07, 6.45) is 0. The molecule has 0 unspecified atom stereocenters. The highest BCUT2D eigenvalue weighted by Gasteiger charge is 2.32. The number of thioether (sulfide) groups is 1. The van der Waals surface area contributed by atoms with E-state index in [9.17, 15) is 14.0 Å². The summed E-state index contributed by atoms with van der Waals surface area (Å²) in [7, 11) is 0. The third-order valence-electron chi connectivity index (χ3n) is 3.70. The van der Waals surface area contributed by atoms with E-state index in [1.165, 1.54) is 23.5 Å². The van der Waals surface area contributed by atoms with Crippen LogP contribution in [-0.2, 0) is 9.53 Å². The van der Waals surface area contributed by atoms with E-state index in [-0.39, 0.29) is 24.0 Å². The molecule has 2 aromatic heterocycles. The molecule has 1 N–H and O–H groups in total. The number of aromatic amines is 1. The molecule has 26 heavy (non-hydrogen) atoms. The summed E-state index contributed by atoms with van der Waals surface area (Å²) in [5.41, 5.74) is 1.16. The standard InChI is InChI=1S/C18H17FN2O3S2/c1-4-24-16(23)18(2,3)26-17-20-14(22)13-12(9-25-15(13)21-17)10-5-7-11(19)8-6-10/h5-9H,4H2,1-3H3,(H,20,21,22). The summed E-state index contributed by atoms with van der Waals surface area (Å²) in [4.78, 5) is 32.4. The van der Waals surface area contributed by atoms with Gasteiger partial charge >= 0.3 is 5.97 Å². The van der Waals surface area contributed by atoms with Crippen LogP contribution in [-0.4, -0.2) is 27.3 Å². The molecule has 0 fully saturated rings. The minimum Gasteiger partial charge on any atom is -0.465 e. The highest BCUT2D eigenvalue weighted by molar-refractivity contribution is 8.01. The van der Waals surface area contributed by atoms with Crippen LogP contribution in [0.3, 0.4) is 0 Å². The van der Waals surface area contributed by atoms with Crippen molar-refractivity contribution in [2.24, 2.45) is 0 Å². The summed E-state index contributed by atoms with van der Waals surface area (Å²) in [5, 5.41) is 2.64. The first kappa shape index (κ1) is 18.6. The van der Waals surface area contributed by atoms with Crippen LogP contribution < -0.4 is 5.56 Å². The van der Waals surface area contributed by atoms with Crippen LogP contribution in [0.2, 0.25) is 0 Å². The second-order valence-corrected chi connectivity index (χ2v) is 8.51. The average molecular weight is 392 g/mol. The molecule has 5 nitrogen and oxygen atoms in total. The summed E-state index contributed by atoms with van der Waals surface area (Å²) < 4.78 is 17.3. The van der Waals surface area contributed by atoms with Crippen LogP contribution >= 0.6 is 23.1 Å². The maximum absolute atomic E-state index is 13.1. The van der Waals surface area contributed by atoms with Crippen LogP contribution in [0.5, 0.6) is 0 Å². The molecule has 8 heteroatoms. The number of benzene rings is 1. The van der Waals surface area contributed by atoms with Gasteiger partial charge in [-0.15, -0.1) is 11.3 Å². The van der Waals surface area contributed by atoms with Crippen molar-refractivity contribution >= 4 is 39.3 Å². The van der Waals surface area contributed by atoms with E-state index in [4.69, 9.17) is 4.74 Å². The molecule has 0 aliphatic heterocycles. The number of hydrogen-bond donors (Lipinski definition) is 1. The Kier molecular flexibility index (Phi) is 5.15. The zero-order chi connectivity index (χ0) is 18.9. The maximum atomic E-state index is 13.1. The van der Waals surface area contributed by atoms with Gasteiger partial charge in [-0.1, -0.05) is 23.9 Å². The number of esters is 1. The first-order chi connectivity index (χ1) is 12.3.